The van der Waals surface area contributed by atoms with Crippen LogP contribution in [0.1, 0.15) is 39.4 Å². The fourth-order valence-electron chi connectivity index (χ4n) is 1.36. The first-order valence-corrected chi connectivity index (χ1v) is 4.99. The molecule has 2 unspecified atom stereocenters. The molecule has 0 radical (unpaired) electrons. The number of hydrogen-bond acceptors (Lipinski definition) is 2. The highest BCUT2D eigenvalue weighted by Crippen LogP contribution is 2.35. The molecular weight excluding hydrogens is 176 g/mol. The zero-order valence-electron chi connectivity index (χ0n) is 9.65. The molecule has 0 aliphatic carbocycles. The molecule has 0 aliphatic rings. The van der Waals surface area contributed by atoms with Gasteiger partial charge in [-0.3, -0.25) is 4.68 Å². The van der Waals surface area contributed by atoms with Crippen LogP contribution in [0, 0.1) is 11.3 Å². The predicted molar refractivity (Wildman–Crippen MR) is 56.8 cm³/mol. The van der Waals surface area contributed by atoms with Crippen LogP contribution in [-0.4, -0.2) is 14.9 Å². The van der Waals surface area contributed by atoms with E-state index in [4.69, 9.17) is 0 Å². The molecule has 1 N–H and O–H groups in total. The van der Waals surface area contributed by atoms with Crippen LogP contribution >= 0.6 is 0 Å². The van der Waals surface area contributed by atoms with Crippen molar-refractivity contribution in [2.24, 2.45) is 18.4 Å². The van der Waals surface area contributed by atoms with Crippen molar-refractivity contribution in [1.29, 1.82) is 0 Å². The monoisotopic (exact) mass is 196 g/mol. The summed E-state index contributed by atoms with van der Waals surface area (Å²) in [5.41, 5.74) is 1.00. The normalized spacial score (nSPS) is 16.7. The maximum absolute atomic E-state index is 10.1. The van der Waals surface area contributed by atoms with Crippen molar-refractivity contribution in [3.63, 3.8) is 0 Å². The first-order valence-electron chi connectivity index (χ1n) is 4.99. The third-order valence-corrected chi connectivity index (χ3v) is 2.91. The Bertz CT molecular complexity index is 298. The van der Waals surface area contributed by atoms with Gasteiger partial charge < -0.3 is 5.11 Å². The number of rotatable bonds is 2. The van der Waals surface area contributed by atoms with Gasteiger partial charge in [0.05, 0.1) is 12.3 Å². The first-order chi connectivity index (χ1) is 6.32. The maximum Gasteiger partial charge on any atom is 0.0850 e. The summed E-state index contributed by atoms with van der Waals surface area (Å²) in [5, 5.41) is 14.1. The molecular formula is C11H20N2O. The van der Waals surface area contributed by atoms with Gasteiger partial charge in [-0.25, -0.2) is 0 Å². The van der Waals surface area contributed by atoms with Crippen LogP contribution in [0.5, 0.6) is 0 Å². The second kappa shape index (κ2) is 3.73. The molecule has 3 nitrogen and oxygen atoms in total. The third-order valence-electron chi connectivity index (χ3n) is 2.91. The minimum Gasteiger partial charge on any atom is -0.388 e. The van der Waals surface area contributed by atoms with Gasteiger partial charge in [-0.2, -0.15) is 5.10 Å². The average Bonchev–Trinajstić information content (AvgIpc) is 2.47. The van der Waals surface area contributed by atoms with E-state index in [0.717, 1.165) is 5.56 Å². The minimum absolute atomic E-state index is 0.106. The average molecular weight is 196 g/mol. The second-order valence-corrected chi connectivity index (χ2v) is 5.05. The Kier molecular flexibility index (Phi) is 3.00. The summed E-state index contributed by atoms with van der Waals surface area (Å²) in [6.45, 7) is 8.48. The summed E-state index contributed by atoms with van der Waals surface area (Å²) in [5.74, 6) is 0.215. The Hall–Kier alpha value is -0.830. The summed E-state index contributed by atoms with van der Waals surface area (Å²) in [7, 11) is 1.86. The second-order valence-electron chi connectivity index (χ2n) is 5.05. The van der Waals surface area contributed by atoms with Crippen LogP contribution in [0.15, 0.2) is 12.4 Å². The van der Waals surface area contributed by atoms with Gasteiger partial charge in [-0.05, 0) is 11.3 Å². The number of aliphatic hydroxyl groups is 1. The third kappa shape index (κ3) is 2.35. The fourth-order valence-corrected chi connectivity index (χ4v) is 1.36. The molecule has 0 fully saturated rings. The van der Waals surface area contributed by atoms with E-state index in [-0.39, 0.29) is 11.3 Å². The van der Waals surface area contributed by atoms with E-state index in [0.29, 0.717) is 0 Å². The summed E-state index contributed by atoms with van der Waals surface area (Å²) < 4.78 is 1.72. The van der Waals surface area contributed by atoms with Crippen molar-refractivity contribution >= 4 is 0 Å². The highest BCUT2D eigenvalue weighted by Gasteiger charge is 2.28. The Balaban J connectivity index is 2.80. The van der Waals surface area contributed by atoms with Crippen LogP contribution in [0.25, 0.3) is 0 Å². The van der Waals surface area contributed by atoms with Gasteiger partial charge in [-0.15, -0.1) is 0 Å². The van der Waals surface area contributed by atoms with E-state index in [1.165, 1.54) is 0 Å². The smallest absolute Gasteiger partial charge is 0.0850 e. The molecule has 1 aromatic rings. The van der Waals surface area contributed by atoms with E-state index < -0.39 is 6.10 Å². The molecule has 0 aromatic carbocycles. The summed E-state index contributed by atoms with van der Waals surface area (Å²) in [6, 6.07) is 0. The van der Waals surface area contributed by atoms with E-state index in [9.17, 15) is 5.11 Å². The quantitative estimate of drug-likeness (QED) is 0.787. The molecule has 0 spiro atoms. The molecule has 0 aliphatic heterocycles. The molecule has 0 amide bonds. The largest absolute Gasteiger partial charge is 0.388 e. The van der Waals surface area contributed by atoms with Gasteiger partial charge in [0.2, 0.25) is 0 Å². The van der Waals surface area contributed by atoms with E-state index in [2.05, 4.69) is 32.8 Å². The van der Waals surface area contributed by atoms with Crippen molar-refractivity contribution in [3.8, 4) is 0 Å². The minimum atomic E-state index is -0.427. The molecule has 0 saturated carbocycles. The zero-order chi connectivity index (χ0) is 10.9. The predicted octanol–water partition coefficient (Wildman–Crippen LogP) is 2.14. The van der Waals surface area contributed by atoms with Crippen molar-refractivity contribution in [2.75, 3.05) is 0 Å². The van der Waals surface area contributed by atoms with Crippen LogP contribution in [0.2, 0.25) is 0 Å². The Morgan fingerprint density at radius 2 is 2.00 bits per heavy atom. The van der Waals surface area contributed by atoms with Crippen LogP contribution < -0.4 is 0 Å². The highest BCUT2D eigenvalue weighted by atomic mass is 16.3. The lowest BCUT2D eigenvalue weighted by Crippen LogP contribution is -2.23. The van der Waals surface area contributed by atoms with E-state index in [1.807, 2.05) is 13.2 Å². The topological polar surface area (TPSA) is 38.1 Å². The van der Waals surface area contributed by atoms with Crippen LogP contribution in [0.3, 0.4) is 0 Å². The molecule has 0 saturated heterocycles. The fraction of sp³-hybridized carbons (Fsp3) is 0.727. The van der Waals surface area contributed by atoms with Gasteiger partial charge in [0.25, 0.3) is 0 Å². The van der Waals surface area contributed by atoms with Crippen molar-refractivity contribution in [1.82, 2.24) is 9.78 Å². The molecule has 1 rings (SSSR count). The number of hydrogen-bond donors (Lipinski definition) is 1. The summed E-state index contributed by atoms with van der Waals surface area (Å²) in [6.07, 6.45) is 3.17. The highest BCUT2D eigenvalue weighted by molar-refractivity contribution is 5.09. The lowest BCUT2D eigenvalue weighted by atomic mass is 9.77. The molecule has 0 bridgehead atoms. The Morgan fingerprint density at radius 3 is 2.36 bits per heavy atom. The number of aliphatic hydroxyl groups excluding tert-OH is 1. The molecule has 3 heteroatoms. The van der Waals surface area contributed by atoms with Gasteiger partial charge in [0.1, 0.15) is 0 Å². The Labute approximate surface area is 85.8 Å². The lowest BCUT2D eigenvalue weighted by Gasteiger charge is -2.30. The van der Waals surface area contributed by atoms with Crippen molar-refractivity contribution < 1.29 is 5.11 Å². The molecule has 2 atom stereocenters. The van der Waals surface area contributed by atoms with Gasteiger partial charge in [0, 0.05) is 18.8 Å². The summed E-state index contributed by atoms with van der Waals surface area (Å²) >= 11 is 0. The SMILES string of the molecule is CC(C(O)c1cnn(C)c1)C(C)(C)C. The zero-order valence-corrected chi connectivity index (χ0v) is 9.65. The van der Waals surface area contributed by atoms with Gasteiger partial charge in [0.15, 0.2) is 0 Å². The van der Waals surface area contributed by atoms with Crippen molar-refractivity contribution in [3.05, 3.63) is 18.0 Å². The summed E-state index contributed by atoms with van der Waals surface area (Å²) in [4.78, 5) is 0. The maximum atomic E-state index is 10.1. The van der Waals surface area contributed by atoms with Crippen molar-refractivity contribution in [2.45, 2.75) is 33.8 Å². The van der Waals surface area contributed by atoms with Crippen LogP contribution in [-0.2, 0) is 7.05 Å². The van der Waals surface area contributed by atoms with Gasteiger partial charge in [-0.1, -0.05) is 27.7 Å². The molecule has 14 heavy (non-hydrogen) atoms. The molecule has 1 aromatic heterocycles. The molecule has 80 valence electrons. The number of aromatic nitrogens is 2. The Morgan fingerprint density at radius 1 is 1.43 bits per heavy atom. The lowest BCUT2D eigenvalue weighted by molar-refractivity contribution is 0.0534. The van der Waals surface area contributed by atoms with E-state index in [1.54, 1.807) is 10.9 Å². The van der Waals surface area contributed by atoms with Crippen LogP contribution in [0.4, 0.5) is 0 Å². The number of aryl methyl sites for hydroxylation is 1. The first kappa shape index (κ1) is 11.2. The molecule has 1 heterocycles. The standard InChI is InChI=1S/C11H20N2O/c1-8(11(2,3)4)10(14)9-6-12-13(5)7-9/h6-8,10,14H,1-5H3. The van der Waals surface area contributed by atoms with Gasteiger partial charge >= 0.3 is 0 Å². The number of nitrogens with zero attached hydrogens (tertiary/aromatic N) is 2. The van der Waals surface area contributed by atoms with E-state index >= 15 is 0 Å².